The van der Waals surface area contributed by atoms with E-state index in [-0.39, 0.29) is 0 Å². The first-order valence-corrected chi connectivity index (χ1v) is 6.22. The van der Waals surface area contributed by atoms with E-state index in [0.717, 1.165) is 29.4 Å². The van der Waals surface area contributed by atoms with Gasteiger partial charge in [0.05, 0.1) is 7.11 Å². The highest BCUT2D eigenvalue weighted by Crippen LogP contribution is 2.57. The van der Waals surface area contributed by atoms with Gasteiger partial charge in [0, 0.05) is 0 Å². The number of allylic oxidation sites excluding steroid dienone is 2. The van der Waals surface area contributed by atoms with Crippen molar-refractivity contribution in [3.05, 3.63) is 24.0 Å². The van der Waals surface area contributed by atoms with Crippen molar-refractivity contribution in [1.29, 1.82) is 0 Å². The zero-order valence-corrected chi connectivity index (χ0v) is 9.54. The summed E-state index contributed by atoms with van der Waals surface area (Å²) in [6, 6.07) is 0. The van der Waals surface area contributed by atoms with Gasteiger partial charge >= 0.3 is 0 Å². The van der Waals surface area contributed by atoms with Crippen LogP contribution in [-0.4, -0.2) is 7.11 Å². The second-order valence-electron chi connectivity index (χ2n) is 5.53. The maximum absolute atomic E-state index is 5.49. The molecule has 82 valence electrons. The standard InChI is InChI=1S/C14H20O/c1-3-13(15-2)14-11-5-9-4-10(7-11)8-12(14)6-9/h3,9-12H,1,4-8H2,2H3. The highest BCUT2D eigenvalue weighted by atomic mass is 16.5. The highest BCUT2D eigenvalue weighted by molar-refractivity contribution is 5.28. The SMILES string of the molecule is C=CC(OC)=C1C2CC3CC(C2)CC1C3. The summed E-state index contributed by atoms with van der Waals surface area (Å²) in [5.41, 5.74) is 1.61. The van der Waals surface area contributed by atoms with Crippen molar-refractivity contribution in [2.45, 2.75) is 32.1 Å². The minimum atomic E-state index is 0.828. The number of hydrogen-bond acceptors (Lipinski definition) is 1. The first kappa shape index (κ1) is 9.50. The molecule has 15 heavy (non-hydrogen) atoms. The Morgan fingerprint density at radius 2 is 1.67 bits per heavy atom. The van der Waals surface area contributed by atoms with Gasteiger partial charge in [-0.25, -0.2) is 0 Å². The van der Waals surface area contributed by atoms with Gasteiger partial charge < -0.3 is 4.74 Å². The fourth-order valence-corrected chi connectivity index (χ4v) is 4.41. The smallest absolute Gasteiger partial charge is 0.118 e. The molecule has 0 aliphatic heterocycles. The lowest BCUT2D eigenvalue weighted by Gasteiger charge is -2.51. The van der Waals surface area contributed by atoms with Crippen molar-refractivity contribution in [1.82, 2.24) is 0 Å². The summed E-state index contributed by atoms with van der Waals surface area (Å²) in [5.74, 6) is 4.80. The van der Waals surface area contributed by atoms with Gasteiger partial charge in [0.15, 0.2) is 0 Å². The molecule has 4 rings (SSSR count). The van der Waals surface area contributed by atoms with Crippen LogP contribution in [0.25, 0.3) is 0 Å². The fraction of sp³-hybridized carbons (Fsp3) is 0.714. The molecule has 0 aromatic rings. The summed E-state index contributed by atoms with van der Waals surface area (Å²) >= 11 is 0. The number of rotatable bonds is 2. The average molecular weight is 204 g/mol. The molecule has 4 aliphatic rings. The van der Waals surface area contributed by atoms with Crippen LogP contribution in [-0.2, 0) is 4.74 Å². The summed E-state index contributed by atoms with van der Waals surface area (Å²) in [5, 5.41) is 0. The average Bonchev–Trinajstić information content (AvgIpc) is 2.22. The molecule has 0 radical (unpaired) electrons. The molecule has 0 unspecified atom stereocenters. The molecular weight excluding hydrogens is 184 g/mol. The summed E-state index contributed by atoms with van der Waals surface area (Å²) < 4.78 is 5.49. The molecule has 0 aromatic heterocycles. The Bertz CT molecular complexity index is 283. The molecule has 0 N–H and O–H groups in total. The molecule has 0 heterocycles. The van der Waals surface area contributed by atoms with Crippen LogP contribution in [0, 0.1) is 23.7 Å². The molecule has 0 saturated heterocycles. The van der Waals surface area contributed by atoms with Crippen LogP contribution in [0.4, 0.5) is 0 Å². The lowest BCUT2D eigenvalue weighted by molar-refractivity contribution is 0.0631. The number of ether oxygens (including phenoxy) is 1. The number of hydrogen-bond donors (Lipinski definition) is 0. The minimum Gasteiger partial charge on any atom is -0.497 e. The van der Waals surface area contributed by atoms with E-state index in [4.69, 9.17) is 4.74 Å². The van der Waals surface area contributed by atoms with Gasteiger partial charge in [-0.2, -0.15) is 0 Å². The zero-order valence-electron chi connectivity index (χ0n) is 9.54. The quantitative estimate of drug-likeness (QED) is 0.625. The van der Waals surface area contributed by atoms with E-state index in [1.807, 2.05) is 6.08 Å². The molecule has 1 heteroatoms. The molecule has 0 atom stereocenters. The van der Waals surface area contributed by atoms with E-state index in [1.54, 1.807) is 12.7 Å². The Morgan fingerprint density at radius 3 is 2.07 bits per heavy atom. The molecule has 0 amide bonds. The molecule has 4 aliphatic carbocycles. The van der Waals surface area contributed by atoms with Gasteiger partial charge in [0.25, 0.3) is 0 Å². The summed E-state index contributed by atoms with van der Waals surface area (Å²) in [4.78, 5) is 0. The lowest BCUT2D eigenvalue weighted by Crippen LogP contribution is -2.40. The Hall–Kier alpha value is -0.720. The normalized spacial score (nSPS) is 41.8. The van der Waals surface area contributed by atoms with Crippen LogP contribution < -0.4 is 0 Å². The molecule has 1 nitrogen and oxygen atoms in total. The van der Waals surface area contributed by atoms with Crippen molar-refractivity contribution in [3.63, 3.8) is 0 Å². The van der Waals surface area contributed by atoms with Crippen LogP contribution in [0.15, 0.2) is 24.0 Å². The monoisotopic (exact) mass is 204 g/mol. The van der Waals surface area contributed by atoms with E-state index in [0.29, 0.717) is 0 Å². The van der Waals surface area contributed by atoms with Crippen LogP contribution in [0.2, 0.25) is 0 Å². The second-order valence-corrected chi connectivity index (χ2v) is 5.53. The lowest BCUT2D eigenvalue weighted by atomic mass is 9.54. The van der Waals surface area contributed by atoms with E-state index in [9.17, 15) is 0 Å². The summed E-state index contributed by atoms with van der Waals surface area (Å²) in [7, 11) is 1.79. The summed E-state index contributed by atoms with van der Waals surface area (Å²) in [6.45, 7) is 3.88. The maximum atomic E-state index is 5.49. The van der Waals surface area contributed by atoms with Gasteiger partial charge in [-0.3, -0.25) is 0 Å². The maximum Gasteiger partial charge on any atom is 0.118 e. The van der Waals surface area contributed by atoms with Gasteiger partial charge in [0.2, 0.25) is 0 Å². The minimum absolute atomic E-state index is 0.828. The van der Waals surface area contributed by atoms with Crippen molar-refractivity contribution in [2.24, 2.45) is 23.7 Å². The van der Waals surface area contributed by atoms with Crippen LogP contribution in [0.1, 0.15) is 32.1 Å². The fourth-order valence-electron chi connectivity index (χ4n) is 4.41. The Labute approximate surface area is 92.2 Å². The second kappa shape index (κ2) is 3.40. The van der Waals surface area contributed by atoms with Gasteiger partial charge in [-0.15, -0.1) is 0 Å². The van der Waals surface area contributed by atoms with Crippen molar-refractivity contribution < 1.29 is 4.74 Å². The van der Waals surface area contributed by atoms with Crippen molar-refractivity contribution in [2.75, 3.05) is 7.11 Å². The van der Waals surface area contributed by atoms with Crippen LogP contribution >= 0.6 is 0 Å². The predicted octanol–water partition coefficient (Wildman–Crippen LogP) is 3.53. The third kappa shape index (κ3) is 1.36. The Kier molecular flexibility index (Phi) is 2.15. The number of methoxy groups -OCH3 is 1. The molecule has 0 spiro atoms. The third-order valence-corrected chi connectivity index (χ3v) is 4.71. The van der Waals surface area contributed by atoms with Crippen LogP contribution in [0.3, 0.4) is 0 Å². The van der Waals surface area contributed by atoms with Gasteiger partial charge in [-0.05, 0) is 67.4 Å². The molecule has 4 saturated carbocycles. The Morgan fingerprint density at radius 1 is 1.13 bits per heavy atom. The van der Waals surface area contributed by atoms with Crippen LogP contribution in [0.5, 0.6) is 0 Å². The first-order valence-electron chi connectivity index (χ1n) is 6.22. The molecule has 0 aromatic carbocycles. The largest absolute Gasteiger partial charge is 0.497 e. The van der Waals surface area contributed by atoms with Gasteiger partial charge in [0.1, 0.15) is 5.76 Å². The van der Waals surface area contributed by atoms with E-state index < -0.39 is 0 Å². The molecule has 4 bridgehead atoms. The molecular formula is C14H20O. The van der Waals surface area contributed by atoms with Gasteiger partial charge in [-0.1, -0.05) is 6.58 Å². The third-order valence-electron chi connectivity index (χ3n) is 4.71. The van der Waals surface area contributed by atoms with Crippen molar-refractivity contribution in [3.8, 4) is 0 Å². The highest BCUT2D eigenvalue weighted by Gasteiger charge is 2.46. The van der Waals surface area contributed by atoms with E-state index in [1.165, 1.54) is 32.1 Å². The molecule has 4 fully saturated rings. The van der Waals surface area contributed by atoms with E-state index in [2.05, 4.69) is 6.58 Å². The van der Waals surface area contributed by atoms with E-state index >= 15 is 0 Å². The van der Waals surface area contributed by atoms with Crippen molar-refractivity contribution >= 4 is 0 Å². The predicted molar refractivity (Wildman–Crippen MR) is 61.3 cm³/mol. The zero-order chi connectivity index (χ0) is 10.4. The first-order chi connectivity index (χ1) is 7.31. The topological polar surface area (TPSA) is 9.23 Å². The summed E-state index contributed by atoms with van der Waals surface area (Å²) in [6.07, 6.45) is 9.10. The Balaban J connectivity index is 1.98.